The zero-order chi connectivity index (χ0) is 15.8. The molecule has 0 heterocycles. The summed E-state index contributed by atoms with van der Waals surface area (Å²) in [5.41, 5.74) is 4.44. The third-order valence-electron chi connectivity index (χ3n) is 2.33. The van der Waals surface area contributed by atoms with Crippen molar-refractivity contribution >= 4 is 17.8 Å². The van der Waals surface area contributed by atoms with Crippen molar-refractivity contribution in [3.05, 3.63) is 29.8 Å². The summed E-state index contributed by atoms with van der Waals surface area (Å²) in [6.07, 6.45) is -0.716. The molecule has 7 nitrogen and oxygen atoms in total. The molecule has 0 aromatic heterocycles. The van der Waals surface area contributed by atoms with E-state index in [0.717, 1.165) is 0 Å². The Bertz CT molecular complexity index is 528. The minimum Gasteiger partial charge on any atom is -0.492 e. The molecule has 0 radical (unpaired) electrons. The standard InChI is InChI=1S/C14H18N2O5/c1-9(2)8-21-11-6-4-3-5-10(11)14(20)16-15-12(17)7-13(18)19/h3-6,9H,7-8H2,1-2H3,(H,15,17)(H,16,20)(H,18,19). The van der Waals surface area contributed by atoms with E-state index in [4.69, 9.17) is 9.84 Å². The molecule has 2 amide bonds. The lowest BCUT2D eigenvalue weighted by molar-refractivity contribution is -0.140. The second-order valence-corrected chi connectivity index (χ2v) is 4.77. The van der Waals surface area contributed by atoms with Crippen molar-refractivity contribution in [1.29, 1.82) is 0 Å². The number of benzene rings is 1. The van der Waals surface area contributed by atoms with E-state index in [2.05, 4.69) is 5.43 Å². The first-order valence-electron chi connectivity index (χ1n) is 6.43. The van der Waals surface area contributed by atoms with Gasteiger partial charge in [0.1, 0.15) is 12.2 Å². The van der Waals surface area contributed by atoms with Crippen LogP contribution in [-0.2, 0) is 9.59 Å². The van der Waals surface area contributed by atoms with Crippen molar-refractivity contribution in [3.8, 4) is 5.75 Å². The second kappa shape index (κ2) is 7.88. The third-order valence-corrected chi connectivity index (χ3v) is 2.33. The number of hydrogen-bond donors (Lipinski definition) is 3. The van der Waals surface area contributed by atoms with Crippen LogP contribution in [0.5, 0.6) is 5.75 Å². The molecule has 7 heteroatoms. The second-order valence-electron chi connectivity index (χ2n) is 4.77. The van der Waals surface area contributed by atoms with Gasteiger partial charge < -0.3 is 9.84 Å². The van der Waals surface area contributed by atoms with Gasteiger partial charge in [-0.05, 0) is 18.1 Å². The Kier molecular flexibility index (Phi) is 6.19. The first-order chi connectivity index (χ1) is 9.90. The van der Waals surface area contributed by atoms with Crippen molar-refractivity contribution in [1.82, 2.24) is 10.9 Å². The predicted molar refractivity (Wildman–Crippen MR) is 74.6 cm³/mol. The molecule has 21 heavy (non-hydrogen) atoms. The molecule has 0 atom stereocenters. The minimum absolute atomic E-state index is 0.258. The van der Waals surface area contributed by atoms with E-state index in [0.29, 0.717) is 18.3 Å². The van der Waals surface area contributed by atoms with Crippen LogP contribution in [0.15, 0.2) is 24.3 Å². The lowest BCUT2D eigenvalue weighted by Crippen LogP contribution is -2.42. The van der Waals surface area contributed by atoms with Gasteiger partial charge >= 0.3 is 5.97 Å². The van der Waals surface area contributed by atoms with E-state index in [1.165, 1.54) is 0 Å². The van der Waals surface area contributed by atoms with Crippen LogP contribution in [0.25, 0.3) is 0 Å². The molecular weight excluding hydrogens is 276 g/mol. The molecule has 0 aliphatic carbocycles. The number of carboxylic acids is 1. The number of para-hydroxylation sites is 1. The van der Waals surface area contributed by atoms with Gasteiger partial charge in [0.2, 0.25) is 5.91 Å². The minimum atomic E-state index is -1.28. The summed E-state index contributed by atoms with van der Waals surface area (Å²) in [5.74, 6) is -1.96. The van der Waals surface area contributed by atoms with E-state index in [1.807, 2.05) is 19.3 Å². The van der Waals surface area contributed by atoms with Gasteiger partial charge in [0.05, 0.1) is 12.2 Å². The van der Waals surface area contributed by atoms with Crippen molar-refractivity contribution in [3.63, 3.8) is 0 Å². The number of hydrogen-bond acceptors (Lipinski definition) is 4. The Morgan fingerprint density at radius 3 is 2.48 bits per heavy atom. The number of carboxylic acid groups (broad SMARTS) is 1. The Morgan fingerprint density at radius 1 is 1.19 bits per heavy atom. The number of carbonyl (C=O) groups excluding carboxylic acids is 2. The van der Waals surface area contributed by atoms with Gasteiger partial charge in [0.25, 0.3) is 5.91 Å². The van der Waals surface area contributed by atoms with Gasteiger partial charge in [0.15, 0.2) is 0 Å². The fourth-order valence-electron chi connectivity index (χ4n) is 1.41. The summed E-state index contributed by atoms with van der Waals surface area (Å²) < 4.78 is 5.52. The highest BCUT2D eigenvalue weighted by Crippen LogP contribution is 2.18. The average Bonchev–Trinajstić information content (AvgIpc) is 2.42. The lowest BCUT2D eigenvalue weighted by atomic mass is 10.2. The van der Waals surface area contributed by atoms with Crippen LogP contribution in [0.3, 0.4) is 0 Å². The van der Waals surface area contributed by atoms with Crippen molar-refractivity contribution in [2.75, 3.05) is 6.61 Å². The number of amides is 2. The number of hydrazine groups is 1. The molecule has 0 spiro atoms. The molecular formula is C14H18N2O5. The van der Waals surface area contributed by atoms with Gasteiger partial charge in [-0.15, -0.1) is 0 Å². The lowest BCUT2D eigenvalue weighted by Gasteiger charge is -2.13. The van der Waals surface area contributed by atoms with Crippen LogP contribution in [0.4, 0.5) is 0 Å². The monoisotopic (exact) mass is 294 g/mol. The van der Waals surface area contributed by atoms with Crippen LogP contribution in [-0.4, -0.2) is 29.5 Å². The van der Waals surface area contributed by atoms with Gasteiger partial charge in [-0.3, -0.25) is 25.2 Å². The predicted octanol–water partition coefficient (Wildman–Crippen LogP) is 0.957. The van der Waals surface area contributed by atoms with E-state index in [1.54, 1.807) is 24.3 Å². The number of rotatable bonds is 6. The number of nitrogens with one attached hydrogen (secondary N) is 2. The first-order valence-corrected chi connectivity index (χ1v) is 6.43. The van der Waals surface area contributed by atoms with E-state index >= 15 is 0 Å². The summed E-state index contributed by atoms with van der Waals surface area (Å²) in [6.45, 7) is 4.42. The molecule has 0 fully saturated rings. The van der Waals surface area contributed by atoms with Crippen molar-refractivity contribution in [2.24, 2.45) is 5.92 Å². The first kappa shape index (κ1) is 16.5. The molecule has 0 aliphatic rings. The summed E-state index contributed by atoms with van der Waals surface area (Å²) in [5, 5.41) is 8.44. The molecule has 1 aromatic carbocycles. The van der Waals surface area contributed by atoms with Crippen LogP contribution in [0.2, 0.25) is 0 Å². The number of aliphatic carboxylic acids is 1. The SMILES string of the molecule is CC(C)COc1ccccc1C(=O)NNC(=O)CC(=O)O. The topological polar surface area (TPSA) is 105 Å². The van der Waals surface area contributed by atoms with Crippen molar-refractivity contribution in [2.45, 2.75) is 20.3 Å². The number of carbonyl (C=O) groups is 3. The highest BCUT2D eigenvalue weighted by atomic mass is 16.5. The quantitative estimate of drug-likeness (QED) is 0.535. The van der Waals surface area contributed by atoms with E-state index in [-0.39, 0.29) is 5.56 Å². The Morgan fingerprint density at radius 2 is 1.86 bits per heavy atom. The Balaban J connectivity index is 2.65. The Labute approximate surface area is 122 Å². The maximum absolute atomic E-state index is 11.9. The van der Waals surface area contributed by atoms with Gasteiger partial charge in [-0.2, -0.15) is 0 Å². The smallest absolute Gasteiger partial charge is 0.312 e. The highest BCUT2D eigenvalue weighted by Gasteiger charge is 2.14. The molecule has 0 unspecified atom stereocenters. The maximum Gasteiger partial charge on any atom is 0.312 e. The molecule has 0 bridgehead atoms. The zero-order valence-corrected chi connectivity index (χ0v) is 11.9. The zero-order valence-electron chi connectivity index (χ0n) is 11.9. The molecule has 1 rings (SSSR count). The van der Waals surface area contributed by atoms with Crippen LogP contribution >= 0.6 is 0 Å². The average molecular weight is 294 g/mol. The number of ether oxygens (including phenoxy) is 1. The largest absolute Gasteiger partial charge is 0.492 e. The van der Waals surface area contributed by atoms with Gasteiger partial charge in [0, 0.05) is 0 Å². The maximum atomic E-state index is 11.9. The summed E-state index contributed by atoms with van der Waals surface area (Å²) in [4.78, 5) is 33.4. The summed E-state index contributed by atoms with van der Waals surface area (Å²) in [7, 11) is 0. The summed E-state index contributed by atoms with van der Waals surface area (Å²) in [6, 6.07) is 6.59. The molecule has 0 aliphatic heterocycles. The van der Waals surface area contributed by atoms with Crippen molar-refractivity contribution < 1.29 is 24.2 Å². The van der Waals surface area contributed by atoms with Crippen LogP contribution in [0.1, 0.15) is 30.6 Å². The molecule has 114 valence electrons. The van der Waals surface area contributed by atoms with Crippen LogP contribution in [0, 0.1) is 5.92 Å². The summed E-state index contributed by atoms with van der Waals surface area (Å²) >= 11 is 0. The van der Waals surface area contributed by atoms with Crippen LogP contribution < -0.4 is 15.6 Å². The van der Waals surface area contributed by atoms with Gasteiger partial charge in [-0.1, -0.05) is 26.0 Å². The normalized spacial score (nSPS) is 10.0. The molecule has 0 saturated carbocycles. The molecule has 3 N–H and O–H groups in total. The third kappa shape index (κ3) is 5.94. The van der Waals surface area contributed by atoms with E-state index < -0.39 is 24.2 Å². The van der Waals surface area contributed by atoms with E-state index in [9.17, 15) is 14.4 Å². The van der Waals surface area contributed by atoms with Gasteiger partial charge in [-0.25, -0.2) is 0 Å². The fraction of sp³-hybridized carbons (Fsp3) is 0.357. The molecule has 1 aromatic rings. The Hall–Kier alpha value is -2.57. The molecule has 0 saturated heterocycles. The highest BCUT2D eigenvalue weighted by molar-refractivity contribution is 5.99. The fourth-order valence-corrected chi connectivity index (χ4v) is 1.41.